The van der Waals surface area contributed by atoms with Gasteiger partial charge in [0.2, 0.25) is 0 Å². The summed E-state index contributed by atoms with van der Waals surface area (Å²) in [5.74, 6) is 2.51. The molecule has 0 saturated heterocycles. The van der Waals surface area contributed by atoms with Gasteiger partial charge in [0, 0.05) is 0 Å². The zero-order chi connectivity index (χ0) is 18.9. The van der Waals surface area contributed by atoms with Crippen molar-refractivity contribution in [3.63, 3.8) is 0 Å². The summed E-state index contributed by atoms with van der Waals surface area (Å²) in [6.07, 6.45) is 4.48. The second kappa shape index (κ2) is 10.0. The third-order valence-electron chi connectivity index (χ3n) is 4.59. The van der Waals surface area contributed by atoms with Gasteiger partial charge in [0.15, 0.2) is 0 Å². The van der Waals surface area contributed by atoms with E-state index >= 15 is 0 Å². The molecule has 1 heteroatoms. The fraction of sp³-hybridized carbons (Fsp3) is 0.154. The second-order valence-corrected chi connectivity index (χ2v) is 8.47. The minimum atomic E-state index is -0.566. The standard InChI is InChI=1S/C26H27P/c1-3-14-22(4-2)26(23-15-8-5-9-16-23)21-27(24-17-10-6-11-18-24)25-19-12-7-13-20-25/h5-21H,3-4H2,1-2H3/b22-14+,26-21-. The lowest BCUT2D eigenvalue weighted by molar-refractivity contribution is 1.10. The van der Waals surface area contributed by atoms with Crippen LogP contribution in [0.15, 0.2) is 108 Å². The predicted octanol–water partition coefficient (Wildman–Crippen LogP) is 6.91. The van der Waals surface area contributed by atoms with Crippen molar-refractivity contribution in [3.05, 3.63) is 114 Å². The van der Waals surface area contributed by atoms with Crippen molar-refractivity contribution in [2.45, 2.75) is 26.7 Å². The average Bonchev–Trinajstić information content (AvgIpc) is 2.75. The third kappa shape index (κ3) is 5.06. The van der Waals surface area contributed by atoms with Gasteiger partial charge < -0.3 is 0 Å². The molecule has 0 aliphatic rings. The Morgan fingerprint density at radius 2 is 1.19 bits per heavy atom. The molecule has 0 bridgehead atoms. The first-order chi connectivity index (χ1) is 13.3. The van der Waals surface area contributed by atoms with E-state index in [1.165, 1.54) is 27.3 Å². The minimum Gasteiger partial charge on any atom is -0.0810 e. The monoisotopic (exact) mass is 370 g/mol. The molecule has 0 nitrogen and oxygen atoms in total. The molecule has 0 fully saturated rings. The maximum Gasteiger partial charge on any atom is -0.0144 e. The van der Waals surface area contributed by atoms with Crippen LogP contribution in [0.25, 0.3) is 5.57 Å². The predicted molar refractivity (Wildman–Crippen MR) is 122 cm³/mol. The molecule has 3 rings (SSSR count). The highest BCUT2D eigenvalue weighted by Crippen LogP contribution is 2.41. The highest BCUT2D eigenvalue weighted by molar-refractivity contribution is 7.76. The van der Waals surface area contributed by atoms with Gasteiger partial charge in [-0.2, -0.15) is 0 Å². The van der Waals surface area contributed by atoms with Gasteiger partial charge in [-0.3, -0.25) is 0 Å². The summed E-state index contributed by atoms with van der Waals surface area (Å²) in [6.45, 7) is 4.47. The number of hydrogen-bond acceptors (Lipinski definition) is 0. The van der Waals surface area contributed by atoms with Crippen molar-refractivity contribution in [2.24, 2.45) is 0 Å². The maximum absolute atomic E-state index is 2.51. The van der Waals surface area contributed by atoms with E-state index < -0.39 is 7.92 Å². The van der Waals surface area contributed by atoms with Gasteiger partial charge in [-0.05, 0) is 53.9 Å². The fourth-order valence-corrected chi connectivity index (χ4v) is 5.41. The Kier molecular flexibility index (Phi) is 7.19. The molecule has 0 radical (unpaired) electrons. The molecule has 0 aromatic heterocycles. The van der Waals surface area contributed by atoms with Crippen LogP contribution in [0.4, 0.5) is 0 Å². The first-order valence-corrected chi connectivity index (χ1v) is 11.1. The third-order valence-corrected chi connectivity index (χ3v) is 6.81. The van der Waals surface area contributed by atoms with Gasteiger partial charge in [0.05, 0.1) is 0 Å². The van der Waals surface area contributed by atoms with Crippen LogP contribution >= 0.6 is 7.92 Å². The molecule has 0 saturated carbocycles. The smallest absolute Gasteiger partial charge is 0.0144 e. The average molecular weight is 370 g/mol. The molecule has 3 aromatic rings. The molecule has 0 heterocycles. The Hall–Kier alpha value is -2.43. The Labute approximate surface area is 165 Å². The van der Waals surface area contributed by atoms with Gasteiger partial charge in [0.1, 0.15) is 0 Å². The zero-order valence-electron chi connectivity index (χ0n) is 16.2. The summed E-state index contributed by atoms with van der Waals surface area (Å²) < 4.78 is 0. The van der Waals surface area contributed by atoms with Crippen LogP contribution in [-0.2, 0) is 0 Å². The maximum atomic E-state index is 2.51. The van der Waals surface area contributed by atoms with Crippen LogP contribution < -0.4 is 10.6 Å². The first kappa shape index (κ1) is 19.3. The van der Waals surface area contributed by atoms with Crippen LogP contribution in [0.5, 0.6) is 0 Å². The number of benzene rings is 3. The molecule has 27 heavy (non-hydrogen) atoms. The van der Waals surface area contributed by atoms with E-state index in [1.54, 1.807) is 0 Å². The van der Waals surface area contributed by atoms with Gasteiger partial charge in [0.25, 0.3) is 0 Å². The van der Waals surface area contributed by atoms with Gasteiger partial charge in [-0.25, -0.2) is 0 Å². The first-order valence-electron chi connectivity index (χ1n) is 9.69. The van der Waals surface area contributed by atoms with Crippen molar-refractivity contribution in [3.8, 4) is 0 Å². The van der Waals surface area contributed by atoms with Gasteiger partial charge in [-0.1, -0.05) is 111 Å². The van der Waals surface area contributed by atoms with Crippen LogP contribution in [0.1, 0.15) is 32.3 Å². The summed E-state index contributed by atoms with van der Waals surface area (Å²) in [7, 11) is -0.566. The Morgan fingerprint density at radius 1 is 0.704 bits per heavy atom. The zero-order valence-corrected chi connectivity index (χ0v) is 17.1. The number of hydrogen-bond donors (Lipinski definition) is 0. The second-order valence-electron chi connectivity index (χ2n) is 6.44. The van der Waals surface area contributed by atoms with E-state index in [2.05, 4.69) is 117 Å². The van der Waals surface area contributed by atoms with Gasteiger partial charge in [-0.15, -0.1) is 0 Å². The van der Waals surface area contributed by atoms with Crippen molar-refractivity contribution in [2.75, 3.05) is 0 Å². The summed E-state index contributed by atoms with van der Waals surface area (Å²) in [6, 6.07) is 32.6. The van der Waals surface area contributed by atoms with Crippen LogP contribution in [0.3, 0.4) is 0 Å². The molecule has 0 N–H and O–H groups in total. The summed E-state index contributed by atoms with van der Waals surface area (Å²) in [4.78, 5) is 0. The van der Waals surface area contributed by atoms with E-state index in [0.29, 0.717) is 0 Å². The van der Waals surface area contributed by atoms with Crippen molar-refractivity contribution < 1.29 is 0 Å². The quantitative estimate of drug-likeness (QED) is 0.313. The summed E-state index contributed by atoms with van der Waals surface area (Å²) in [5.41, 5.74) is 4.11. The normalized spacial score (nSPS) is 12.4. The van der Waals surface area contributed by atoms with Crippen LogP contribution in [0.2, 0.25) is 0 Å². The SMILES string of the molecule is CC/C=C(CC)/C(=C/P(c1ccccc1)c1ccccc1)c1ccccc1. The summed E-state index contributed by atoms with van der Waals surface area (Å²) >= 11 is 0. The molecule has 3 aromatic carbocycles. The van der Waals surface area contributed by atoms with E-state index in [0.717, 1.165) is 12.8 Å². The largest absolute Gasteiger partial charge is 0.0810 e. The lowest BCUT2D eigenvalue weighted by Gasteiger charge is -2.19. The van der Waals surface area contributed by atoms with E-state index in [-0.39, 0.29) is 0 Å². The van der Waals surface area contributed by atoms with Gasteiger partial charge >= 0.3 is 0 Å². The van der Waals surface area contributed by atoms with E-state index in [9.17, 15) is 0 Å². The van der Waals surface area contributed by atoms with E-state index in [4.69, 9.17) is 0 Å². The molecule has 0 aliphatic heterocycles. The lowest BCUT2D eigenvalue weighted by atomic mass is 9.97. The highest BCUT2D eigenvalue weighted by atomic mass is 31.1. The molecule has 136 valence electrons. The molecule has 0 atom stereocenters. The van der Waals surface area contributed by atoms with Crippen LogP contribution in [0, 0.1) is 0 Å². The topological polar surface area (TPSA) is 0 Å². The molecule has 0 aliphatic carbocycles. The Bertz CT molecular complexity index is 838. The fourth-order valence-electron chi connectivity index (χ4n) is 3.26. The lowest BCUT2D eigenvalue weighted by Crippen LogP contribution is -2.10. The van der Waals surface area contributed by atoms with Crippen molar-refractivity contribution >= 4 is 24.1 Å². The minimum absolute atomic E-state index is 0.566. The molecule has 0 amide bonds. The molecule has 0 unspecified atom stereocenters. The molecule has 0 spiro atoms. The highest BCUT2D eigenvalue weighted by Gasteiger charge is 2.15. The summed E-state index contributed by atoms with van der Waals surface area (Å²) in [5, 5.41) is 2.78. The number of rotatable bonds is 7. The Balaban J connectivity index is 2.18. The molecular formula is C26H27P. The van der Waals surface area contributed by atoms with Crippen molar-refractivity contribution in [1.29, 1.82) is 0 Å². The van der Waals surface area contributed by atoms with E-state index in [1.807, 2.05) is 0 Å². The van der Waals surface area contributed by atoms with Crippen LogP contribution in [-0.4, -0.2) is 0 Å². The van der Waals surface area contributed by atoms with Crippen molar-refractivity contribution in [1.82, 2.24) is 0 Å². The molecular weight excluding hydrogens is 343 g/mol. The number of allylic oxidation sites excluding steroid dienone is 3. The Morgan fingerprint density at radius 3 is 1.63 bits per heavy atom.